The minimum absolute atomic E-state index is 1.20. The van der Waals surface area contributed by atoms with Crippen LogP contribution in [0.25, 0.3) is 0 Å². The van der Waals surface area contributed by atoms with E-state index in [9.17, 15) is 0 Å². The van der Waals surface area contributed by atoms with E-state index in [0.29, 0.717) is 0 Å². The molecular formula is C11H18. The lowest BCUT2D eigenvalue weighted by Crippen LogP contribution is -1.64. The molecule has 0 aromatic rings. The lowest BCUT2D eigenvalue weighted by molar-refractivity contribution is 0.815. The molecule has 0 nitrogen and oxygen atoms in total. The molecular weight excluding hydrogens is 132 g/mol. The van der Waals surface area contributed by atoms with E-state index in [4.69, 9.17) is 0 Å². The molecule has 0 heteroatoms. The summed E-state index contributed by atoms with van der Waals surface area (Å²) in [6.07, 6.45) is 9.73. The van der Waals surface area contributed by atoms with E-state index in [1.54, 1.807) is 0 Å². The van der Waals surface area contributed by atoms with Crippen LogP contribution >= 0.6 is 0 Å². The Morgan fingerprint density at radius 1 is 1.36 bits per heavy atom. The van der Waals surface area contributed by atoms with Crippen LogP contribution in [0.4, 0.5) is 0 Å². The molecule has 0 saturated heterocycles. The lowest BCUT2D eigenvalue weighted by atomic mass is 10.2. The zero-order chi connectivity index (χ0) is 8.95. The first-order valence-corrected chi connectivity index (χ1v) is 3.90. The highest BCUT2D eigenvalue weighted by Crippen LogP contribution is 1.93. The summed E-state index contributed by atoms with van der Waals surface area (Å²) in [5.74, 6) is 0. The molecule has 0 radical (unpaired) electrons. The summed E-state index contributed by atoms with van der Waals surface area (Å²) in [5, 5.41) is 0. The van der Waals surface area contributed by atoms with Crippen molar-refractivity contribution < 1.29 is 0 Å². The Labute approximate surface area is 70.6 Å². The van der Waals surface area contributed by atoms with Crippen molar-refractivity contribution in [3.63, 3.8) is 0 Å². The SMILES string of the molecule is C=C=C.C=CC=CCCCC. The molecule has 0 saturated carbocycles. The molecule has 0 aliphatic rings. The van der Waals surface area contributed by atoms with Crippen LogP contribution in [-0.2, 0) is 0 Å². The predicted molar refractivity (Wildman–Crippen MR) is 53.6 cm³/mol. The van der Waals surface area contributed by atoms with Crippen LogP contribution < -0.4 is 0 Å². The van der Waals surface area contributed by atoms with Gasteiger partial charge in [0.15, 0.2) is 0 Å². The zero-order valence-corrected chi connectivity index (χ0v) is 7.47. The molecule has 0 aliphatic carbocycles. The van der Waals surface area contributed by atoms with Gasteiger partial charge in [0.2, 0.25) is 0 Å². The predicted octanol–water partition coefficient (Wildman–Crippen LogP) is 3.88. The molecule has 0 atom stereocenters. The average molecular weight is 150 g/mol. The van der Waals surface area contributed by atoms with Crippen molar-refractivity contribution >= 4 is 0 Å². The van der Waals surface area contributed by atoms with Gasteiger partial charge in [-0.2, -0.15) is 0 Å². The third-order valence-corrected chi connectivity index (χ3v) is 0.997. The first-order chi connectivity index (χ1) is 5.33. The standard InChI is InChI=1S/C8H14.C3H4/c1-3-5-7-8-6-4-2;1-3-2/h3,5,7H,1,4,6,8H2,2H3;1-2H2. The molecule has 0 aromatic carbocycles. The van der Waals surface area contributed by atoms with E-state index in [1.807, 2.05) is 12.2 Å². The quantitative estimate of drug-likeness (QED) is 0.324. The lowest BCUT2D eigenvalue weighted by Gasteiger charge is -1.84. The van der Waals surface area contributed by atoms with Crippen molar-refractivity contribution in [3.8, 4) is 0 Å². The molecule has 0 aliphatic heterocycles. The molecule has 0 unspecified atom stereocenters. The van der Waals surface area contributed by atoms with Gasteiger partial charge in [0.1, 0.15) is 0 Å². The van der Waals surface area contributed by atoms with E-state index >= 15 is 0 Å². The Morgan fingerprint density at radius 3 is 2.27 bits per heavy atom. The van der Waals surface area contributed by atoms with Gasteiger partial charge < -0.3 is 0 Å². The molecule has 0 bridgehead atoms. The third kappa shape index (κ3) is 27.6. The van der Waals surface area contributed by atoms with Gasteiger partial charge >= 0.3 is 0 Å². The maximum atomic E-state index is 3.57. The number of rotatable bonds is 4. The summed E-state index contributed by atoms with van der Waals surface area (Å²) in [4.78, 5) is 0. The van der Waals surface area contributed by atoms with Crippen LogP contribution in [0, 0.1) is 0 Å². The molecule has 0 heterocycles. The topological polar surface area (TPSA) is 0 Å². The van der Waals surface area contributed by atoms with E-state index in [2.05, 4.69) is 38.5 Å². The first kappa shape index (κ1) is 12.7. The van der Waals surface area contributed by atoms with E-state index in [0.717, 1.165) is 0 Å². The van der Waals surface area contributed by atoms with Crippen LogP contribution in [0.3, 0.4) is 0 Å². The van der Waals surface area contributed by atoms with Crippen molar-refractivity contribution in [2.45, 2.75) is 26.2 Å². The first-order valence-electron chi connectivity index (χ1n) is 3.90. The highest BCUT2D eigenvalue weighted by atomic mass is 13.8. The van der Waals surface area contributed by atoms with E-state index in [1.165, 1.54) is 19.3 Å². The monoisotopic (exact) mass is 150 g/mol. The minimum atomic E-state index is 1.20. The minimum Gasteiger partial charge on any atom is -0.137 e. The molecule has 0 fully saturated rings. The molecule has 0 rings (SSSR count). The Hall–Kier alpha value is -1.00. The number of hydrogen-bond donors (Lipinski definition) is 0. The van der Waals surface area contributed by atoms with Crippen LogP contribution in [0.5, 0.6) is 0 Å². The summed E-state index contributed by atoms with van der Waals surface area (Å²) in [5.41, 5.74) is 2.25. The van der Waals surface area contributed by atoms with Gasteiger partial charge in [-0.3, -0.25) is 0 Å². The smallest absolute Gasteiger partial charge is 0.0348 e. The fraction of sp³-hybridized carbons (Fsp3) is 0.364. The van der Waals surface area contributed by atoms with Crippen LogP contribution in [0.15, 0.2) is 43.7 Å². The van der Waals surface area contributed by atoms with Gasteiger partial charge in [-0.05, 0) is 6.42 Å². The Balaban J connectivity index is 0. The molecule has 11 heavy (non-hydrogen) atoms. The Kier molecular flexibility index (Phi) is 18.4. The van der Waals surface area contributed by atoms with Gasteiger partial charge in [0, 0.05) is 0 Å². The summed E-state index contributed by atoms with van der Waals surface area (Å²) in [7, 11) is 0. The second-order valence-electron chi connectivity index (χ2n) is 2.06. The zero-order valence-electron chi connectivity index (χ0n) is 7.47. The van der Waals surface area contributed by atoms with Crippen LogP contribution in [0.2, 0.25) is 0 Å². The van der Waals surface area contributed by atoms with Crippen LogP contribution in [-0.4, -0.2) is 0 Å². The highest BCUT2D eigenvalue weighted by Gasteiger charge is 1.73. The molecule has 0 N–H and O–H groups in total. The highest BCUT2D eigenvalue weighted by molar-refractivity contribution is 4.96. The normalized spacial score (nSPS) is 8.09. The fourth-order valence-electron chi connectivity index (χ4n) is 0.514. The molecule has 0 spiro atoms. The van der Waals surface area contributed by atoms with Crippen molar-refractivity contribution in [1.29, 1.82) is 0 Å². The second-order valence-corrected chi connectivity index (χ2v) is 2.06. The Morgan fingerprint density at radius 2 is 1.91 bits per heavy atom. The largest absolute Gasteiger partial charge is 0.137 e. The van der Waals surface area contributed by atoms with Gasteiger partial charge in [-0.25, -0.2) is 0 Å². The maximum absolute atomic E-state index is 3.57. The molecule has 0 aromatic heterocycles. The number of unbranched alkanes of at least 4 members (excludes halogenated alkanes) is 2. The van der Waals surface area contributed by atoms with Crippen molar-refractivity contribution in [2.24, 2.45) is 0 Å². The summed E-state index contributed by atoms with van der Waals surface area (Å²) < 4.78 is 0. The summed E-state index contributed by atoms with van der Waals surface area (Å²) in [6, 6.07) is 0. The summed E-state index contributed by atoms with van der Waals surface area (Å²) in [6.45, 7) is 12.0. The van der Waals surface area contributed by atoms with Crippen molar-refractivity contribution in [2.75, 3.05) is 0 Å². The molecule has 0 amide bonds. The second kappa shape index (κ2) is 16.0. The fourth-order valence-corrected chi connectivity index (χ4v) is 0.514. The number of allylic oxidation sites excluding steroid dienone is 3. The maximum Gasteiger partial charge on any atom is -0.0348 e. The number of hydrogen-bond acceptors (Lipinski definition) is 0. The van der Waals surface area contributed by atoms with Gasteiger partial charge in [-0.1, -0.05) is 57.7 Å². The van der Waals surface area contributed by atoms with Gasteiger partial charge in [0.05, 0.1) is 0 Å². The Bertz CT molecular complexity index is 123. The van der Waals surface area contributed by atoms with Crippen molar-refractivity contribution in [3.05, 3.63) is 43.7 Å². The molecule has 62 valence electrons. The van der Waals surface area contributed by atoms with E-state index < -0.39 is 0 Å². The van der Waals surface area contributed by atoms with Crippen molar-refractivity contribution in [1.82, 2.24) is 0 Å². The van der Waals surface area contributed by atoms with E-state index in [-0.39, 0.29) is 0 Å². The van der Waals surface area contributed by atoms with Gasteiger partial charge in [0.25, 0.3) is 0 Å². The van der Waals surface area contributed by atoms with Gasteiger partial charge in [-0.15, -0.1) is 5.73 Å². The average Bonchev–Trinajstić information content (AvgIpc) is 2.00. The third-order valence-electron chi connectivity index (χ3n) is 0.997. The van der Waals surface area contributed by atoms with Crippen LogP contribution in [0.1, 0.15) is 26.2 Å². The summed E-state index contributed by atoms with van der Waals surface area (Å²) >= 11 is 0.